The molecule has 2 heterocycles. The van der Waals surface area contributed by atoms with E-state index in [0.29, 0.717) is 12.0 Å². The van der Waals surface area contributed by atoms with Gasteiger partial charge in [0.25, 0.3) is 0 Å². The first-order valence-corrected chi connectivity index (χ1v) is 7.96. The molecule has 2 aliphatic rings. The van der Waals surface area contributed by atoms with Gasteiger partial charge >= 0.3 is 0 Å². The van der Waals surface area contributed by atoms with Gasteiger partial charge in [-0.05, 0) is 46.5 Å². The first-order chi connectivity index (χ1) is 9.47. The van der Waals surface area contributed by atoms with Gasteiger partial charge in [0, 0.05) is 18.2 Å². The van der Waals surface area contributed by atoms with E-state index in [1.54, 1.807) is 0 Å². The number of aromatic nitrogens is 1. The highest BCUT2D eigenvalue weighted by molar-refractivity contribution is 6.31. The van der Waals surface area contributed by atoms with E-state index < -0.39 is 0 Å². The minimum atomic E-state index is 0.199. The molecule has 0 radical (unpaired) electrons. The topological polar surface area (TPSA) is 25.1 Å². The van der Waals surface area contributed by atoms with Crippen molar-refractivity contribution in [2.24, 2.45) is 0 Å². The maximum absolute atomic E-state index is 6.35. The molecule has 20 heavy (non-hydrogen) atoms. The summed E-state index contributed by atoms with van der Waals surface area (Å²) in [6, 6.07) is 1.87. The van der Waals surface area contributed by atoms with Gasteiger partial charge in [0.2, 0.25) is 5.88 Å². The van der Waals surface area contributed by atoms with Crippen molar-refractivity contribution >= 4 is 17.4 Å². The summed E-state index contributed by atoms with van der Waals surface area (Å²) in [5.74, 6) is 1.67. The van der Waals surface area contributed by atoms with Crippen molar-refractivity contribution in [3.05, 3.63) is 16.7 Å². The summed E-state index contributed by atoms with van der Waals surface area (Å²) < 4.78 is 6.06. The normalized spacial score (nSPS) is 21.9. The van der Waals surface area contributed by atoms with Gasteiger partial charge in [0.15, 0.2) is 0 Å². The predicted molar refractivity (Wildman–Crippen MR) is 82.9 cm³/mol. The zero-order valence-electron chi connectivity index (χ0n) is 12.6. The van der Waals surface area contributed by atoms with Crippen molar-refractivity contribution in [3.8, 4) is 5.88 Å². The predicted octanol–water partition coefficient (Wildman–Crippen LogP) is 4.35. The number of rotatable bonds is 3. The van der Waals surface area contributed by atoms with E-state index in [1.165, 1.54) is 19.3 Å². The minimum Gasteiger partial charge on any atom is -0.474 e. The lowest BCUT2D eigenvalue weighted by molar-refractivity contribution is 0.149. The van der Waals surface area contributed by atoms with Gasteiger partial charge in [-0.1, -0.05) is 18.0 Å². The van der Waals surface area contributed by atoms with Crippen LogP contribution in [0.1, 0.15) is 51.5 Å². The van der Waals surface area contributed by atoms with E-state index >= 15 is 0 Å². The standard InChI is InChI=1S/C16H23ClN2O/c1-11-13(17)9-14(20-12-7-5-4-6-8-12)18-15(11)19-10-16(19,2)3/h9,12H,4-8,10H2,1-3H3. The molecular weight excluding hydrogens is 272 g/mol. The summed E-state index contributed by atoms with van der Waals surface area (Å²) in [4.78, 5) is 6.98. The quantitative estimate of drug-likeness (QED) is 0.775. The lowest BCUT2D eigenvalue weighted by atomic mass is 9.98. The summed E-state index contributed by atoms with van der Waals surface area (Å²) in [5.41, 5.74) is 1.25. The van der Waals surface area contributed by atoms with E-state index in [-0.39, 0.29) is 5.54 Å². The fourth-order valence-corrected chi connectivity index (χ4v) is 3.11. The van der Waals surface area contributed by atoms with Crippen LogP contribution in [0.5, 0.6) is 5.88 Å². The van der Waals surface area contributed by atoms with Gasteiger partial charge in [-0.25, -0.2) is 0 Å². The lowest BCUT2D eigenvalue weighted by Crippen LogP contribution is -2.20. The van der Waals surface area contributed by atoms with Crippen molar-refractivity contribution in [2.75, 3.05) is 11.4 Å². The zero-order valence-corrected chi connectivity index (χ0v) is 13.3. The molecule has 1 aliphatic heterocycles. The smallest absolute Gasteiger partial charge is 0.216 e. The van der Waals surface area contributed by atoms with E-state index in [0.717, 1.165) is 35.8 Å². The van der Waals surface area contributed by atoms with Crippen LogP contribution in [0.3, 0.4) is 0 Å². The molecule has 3 nitrogen and oxygen atoms in total. The number of halogens is 1. The molecule has 1 aromatic rings. The Bertz CT molecular complexity index is 509. The molecule has 0 unspecified atom stereocenters. The minimum absolute atomic E-state index is 0.199. The second-order valence-corrected chi connectivity index (χ2v) is 7.07. The van der Waals surface area contributed by atoms with Crippen LogP contribution in [0.4, 0.5) is 5.82 Å². The second kappa shape index (κ2) is 5.10. The molecule has 1 saturated carbocycles. The SMILES string of the molecule is Cc1c(Cl)cc(OC2CCCCC2)nc1N1CC1(C)C. The molecule has 0 aromatic carbocycles. The van der Waals surface area contributed by atoms with E-state index in [2.05, 4.69) is 18.7 Å². The molecule has 4 heteroatoms. The molecule has 1 aromatic heterocycles. The van der Waals surface area contributed by atoms with Crippen LogP contribution < -0.4 is 9.64 Å². The van der Waals surface area contributed by atoms with Crippen LogP contribution in [0.15, 0.2) is 6.07 Å². The molecule has 0 spiro atoms. The Morgan fingerprint density at radius 1 is 1.30 bits per heavy atom. The average Bonchev–Trinajstić information content (AvgIpc) is 3.04. The highest BCUT2D eigenvalue weighted by Gasteiger charge is 2.45. The highest BCUT2D eigenvalue weighted by Crippen LogP contribution is 2.41. The first kappa shape index (κ1) is 14.0. The third-order valence-electron chi connectivity index (χ3n) is 4.43. The van der Waals surface area contributed by atoms with Crippen LogP contribution in [-0.2, 0) is 0 Å². The van der Waals surface area contributed by atoms with Gasteiger partial charge in [-0.2, -0.15) is 4.98 Å². The van der Waals surface area contributed by atoms with Gasteiger partial charge in [-0.15, -0.1) is 0 Å². The molecule has 0 atom stereocenters. The number of hydrogen-bond acceptors (Lipinski definition) is 3. The van der Waals surface area contributed by atoms with Crippen LogP contribution in [0.2, 0.25) is 5.02 Å². The molecule has 110 valence electrons. The van der Waals surface area contributed by atoms with Crippen LogP contribution in [0, 0.1) is 6.92 Å². The molecule has 2 fully saturated rings. The van der Waals surface area contributed by atoms with Crippen LogP contribution >= 0.6 is 11.6 Å². The van der Waals surface area contributed by atoms with Crippen molar-refractivity contribution < 1.29 is 4.74 Å². The van der Waals surface area contributed by atoms with E-state index in [4.69, 9.17) is 21.3 Å². The fourth-order valence-electron chi connectivity index (χ4n) is 2.93. The van der Waals surface area contributed by atoms with Gasteiger partial charge in [0.05, 0.1) is 10.6 Å². The second-order valence-electron chi connectivity index (χ2n) is 6.67. The molecule has 0 bridgehead atoms. The maximum atomic E-state index is 6.35. The monoisotopic (exact) mass is 294 g/mol. The van der Waals surface area contributed by atoms with E-state index in [1.807, 2.05) is 13.0 Å². The van der Waals surface area contributed by atoms with E-state index in [9.17, 15) is 0 Å². The number of ether oxygens (including phenoxy) is 1. The molecular formula is C16H23ClN2O. The van der Waals surface area contributed by atoms with Crippen molar-refractivity contribution in [2.45, 2.75) is 64.5 Å². The Morgan fingerprint density at radius 3 is 2.55 bits per heavy atom. The summed E-state index contributed by atoms with van der Waals surface area (Å²) in [7, 11) is 0. The largest absolute Gasteiger partial charge is 0.474 e. The van der Waals surface area contributed by atoms with Gasteiger partial charge in [-0.3, -0.25) is 0 Å². The zero-order chi connectivity index (χ0) is 14.3. The third-order valence-corrected chi connectivity index (χ3v) is 4.82. The fraction of sp³-hybridized carbons (Fsp3) is 0.688. The Hall–Kier alpha value is -0.960. The Balaban J connectivity index is 1.81. The summed E-state index contributed by atoms with van der Waals surface area (Å²) >= 11 is 6.35. The molecule has 0 amide bonds. The highest BCUT2D eigenvalue weighted by atomic mass is 35.5. The lowest BCUT2D eigenvalue weighted by Gasteiger charge is -2.23. The van der Waals surface area contributed by atoms with Gasteiger partial charge < -0.3 is 9.64 Å². The molecule has 3 rings (SSSR count). The number of anilines is 1. The number of hydrogen-bond donors (Lipinski definition) is 0. The average molecular weight is 295 g/mol. The Labute approximate surface area is 126 Å². The number of pyridine rings is 1. The molecule has 0 N–H and O–H groups in total. The number of nitrogens with zero attached hydrogens (tertiary/aromatic N) is 2. The van der Waals surface area contributed by atoms with Crippen LogP contribution in [-0.4, -0.2) is 23.2 Å². The summed E-state index contributed by atoms with van der Waals surface area (Å²) in [6.07, 6.45) is 6.43. The van der Waals surface area contributed by atoms with Crippen molar-refractivity contribution in [3.63, 3.8) is 0 Å². The Kier molecular flexibility index (Phi) is 3.57. The molecule has 1 aliphatic carbocycles. The van der Waals surface area contributed by atoms with Gasteiger partial charge in [0.1, 0.15) is 11.9 Å². The first-order valence-electron chi connectivity index (χ1n) is 7.59. The van der Waals surface area contributed by atoms with Crippen LogP contribution in [0.25, 0.3) is 0 Å². The Morgan fingerprint density at radius 2 is 1.95 bits per heavy atom. The summed E-state index contributed by atoms with van der Waals surface area (Å²) in [5, 5.41) is 0.753. The summed E-state index contributed by atoms with van der Waals surface area (Å²) in [6.45, 7) is 7.50. The third kappa shape index (κ3) is 2.73. The maximum Gasteiger partial charge on any atom is 0.216 e. The molecule has 1 saturated heterocycles. The van der Waals surface area contributed by atoms with Crippen molar-refractivity contribution in [1.82, 2.24) is 4.98 Å². The van der Waals surface area contributed by atoms with Crippen molar-refractivity contribution in [1.29, 1.82) is 0 Å².